The Morgan fingerprint density at radius 2 is 2.00 bits per heavy atom. The molecular formula is C12H14N2O3. The van der Waals surface area contributed by atoms with Crippen molar-refractivity contribution in [3.8, 4) is 11.5 Å². The number of benzene rings is 1. The van der Waals surface area contributed by atoms with Gasteiger partial charge in [-0.2, -0.15) is 0 Å². The van der Waals surface area contributed by atoms with E-state index in [2.05, 4.69) is 5.32 Å². The van der Waals surface area contributed by atoms with Crippen LogP contribution in [0.5, 0.6) is 11.5 Å². The quantitative estimate of drug-likeness (QED) is 0.821. The highest BCUT2D eigenvalue weighted by atomic mass is 16.5. The SMILES string of the molecule is COc1cc2c(cc1OC)C1NCCN1C2=O. The van der Waals surface area contributed by atoms with Crippen molar-refractivity contribution in [1.29, 1.82) is 0 Å². The number of ether oxygens (including phenoxy) is 2. The van der Waals surface area contributed by atoms with Crippen molar-refractivity contribution in [1.82, 2.24) is 10.2 Å². The third kappa shape index (κ3) is 1.32. The van der Waals surface area contributed by atoms with Gasteiger partial charge in [-0.05, 0) is 12.1 Å². The second-order valence-electron chi connectivity index (χ2n) is 4.15. The first kappa shape index (κ1) is 10.4. The van der Waals surface area contributed by atoms with E-state index >= 15 is 0 Å². The number of nitrogens with one attached hydrogen (secondary N) is 1. The number of carbonyl (C=O) groups is 1. The van der Waals surface area contributed by atoms with E-state index in [-0.39, 0.29) is 12.1 Å². The molecule has 0 spiro atoms. The van der Waals surface area contributed by atoms with Gasteiger partial charge in [0.25, 0.3) is 5.91 Å². The van der Waals surface area contributed by atoms with Crippen LogP contribution in [-0.4, -0.2) is 38.1 Å². The van der Waals surface area contributed by atoms with Gasteiger partial charge in [-0.25, -0.2) is 0 Å². The van der Waals surface area contributed by atoms with Gasteiger partial charge in [0.05, 0.1) is 19.8 Å². The second kappa shape index (κ2) is 3.63. The van der Waals surface area contributed by atoms with E-state index in [9.17, 15) is 4.79 Å². The van der Waals surface area contributed by atoms with Gasteiger partial charge in [0.2, 0.25) is 0 Å². The summed E-state index contributed by atoms with van der Waals surface area (Å²) < 4.78 is 10.5. The molecule has 2 heterocycles. The smallest absolute Gasteiger partial charge is 0.255 e. The van der Waals surface area contributed by atoms with Crippen molar-refractivity contribution in [2.24, 2.45) is 0 Å². The molecule has 1 unspecified atom stereocenters. The van der Waals surface area contributed by atoms with E-state index in [0.717, 1.165) is 18.7 Å². The molecule has 1 N–H and O–H groups in total. The van der Waals surface area contributed by atoms with Crippen molar-refractivity contribution < 1.29 is 14.3 Å². The average molecular weight is 234 g/mol. The number of hydrogen-bond acceptors (Lipinski definition) is 4. The van der Waals surface area contributed by atoms with E-state index < -0.39 is 0 Å². The Morgan fingerprint density at radius 1 is 1.29 bits per heavy atom. The molecule has 3 rings (SSSR count). The van der Waals surface area contributed by atoms with Crippen LogP contribution in [0.2, 0.25) is 0 Å². The number of rotatable bonds is 2. The monoisotopic (exact) mass is 234 g/mol. The topological polar surface area (TPSA) is 50.8 Å². The fourth-order valence-corrected chi connectivity index (χ4v) is 2.52. The highest BCUT2D eigenvalue weighted by Crippen LogP contribution is 2.40. The molecule has 2 aliphatic rings. The number of carbonyl (C=O) groups excluding carboxylic acids is 1. The number of methoxy groups -OCH3 is 2. The molecule has 2 aliphatic heterocycles. The van der Waals surface area contributed by atoms with Gasteiger partial charge in [-0.1, -0.05) is 0 Å². The molecule has 0 aliphatic carbocycles. The van der Waals surface area contributed by atoms with Gasteiger partial charge in [0, 0.05) is 18.7 Å². The predicted molar refractivity (Wildman–Crippen MR) is 61.3 cm³/mol. The van der Waals surface area contributed by atoms with Gasteiger partial charge >= 0.3 is 0 Å². The fourth-order valence-electron chi connectivity index (χ4n) is 2.52. The lowest BCUT2D eigenvalue weighted by molar-refractivity contribution is 0.0771. The second-order valence-corrected chi connectivity index (χ2v) is 4.15. The summed E-state index contributed by atoms with van der Waals surface area (Å²) in [5.74, 6) is 1.33. The molecule has 1 amide bonds. The van der Waals surface area contributed by atoms with Crippen molar-refractivity contribution in [3.05, 3.63) is 23.3 Å². The van der Waals surface area contributed by atoms with Crippen LogP contribution in [0, 0.1) is 0 Å². The molecule has 5 nitrogen and oxygen atoms in total. The van der Waals surface area contributed by atoms with Crippen LogP contribution in [0.15, 0.2) is 12.1 Å². The summed E-state index contributed by atoms with van der Waals surface area (Å²) in [4.78, 5) is 14.0. The van der Waals surface area contributed by atoms with Crippen LogP contribution in [0.3, 0.4) is 0 Å². The highest BCUT2D eigenvalue weighted by Gasteiger charge is 2.40. The van der Waals surface area contributed by atoms with Gasteiger partial charge in [-0.15, -0.1) is 0 Å². The normalized spacial score (nSPS) is 21.4. The lowest BCUT2D eigenvalue weighted by atomic mass is 10.1. The molecule has 0 saturated carbocycles. The molecule has 1 atom stereocenters. The Bertz CT molecular complexity index is 487. The Kier molecular flexibility index (Phi) is 2.22. The van der Waals surface area contributed by atoms with Crippen molar-refractivity contribution in [3.63, 3.8) is 0 Å². The van der Waals surface area contributed by atoms with Crippen molar-refractivity contribution >= 4 is 5.91 Å². The van der Waals surface area contributed by atoms with Crippen molar-refractivity contribution in [2.75, 3.05) is 27.3 Å². The molecule has 5 heteroatoms. The third-order valence-corrected chi connectivity index (χ3v) is 3.34. The van der Waals surface area contributed by atoms with Crippen molar-refractivity contribution in [2.45, 2.75) is 6.17 Å². The molecule has 1 saturated heterocycles. The summed E-state index contributed by atoms with van der Waals surface area (Å²) in [6.07, 6.45) is -0.00249. The molecule has 1 aromatic carbocycles. The summed E-state index contributed by atoms with van der Waals surface area (Å²) in [6.45, 7) is 1.59. The fraction of sp³-hybridized carbons (Fsp3) is 0.417. The summed E-state index contributed by atoms with van der Waals surface area (Å²) in [7, 11) is 3.17. The van der Waals surface area contributed by atoms with Gasteiger partial charge in [0.15, 0.2) is 11.5 Å². The first-order valence-corrected chi connectivity index (χ1v) is 5.56. The van der Waals surface area contributed by atoms with Crippen LogP contribution in [0.25, 0.3) is 0 Å². The van der Waals surface area contributed by atoms with Gasteiger partial charge < -0.3 is 14.4 Å². The number of amides is 1. The molecule has 90 valence electrons. The van der Waals surface area contributed by atoms with E-state index in [4.69, 9.17) is 9.47 Å². The molecule has 17 heavy (non-hydrogen) atoms. The van der Waals surface area contributed by atoms with Crippen LogP contribution in [0.1, 0.15) is 22.1 Å². The number of fused-ring (bicyclic) bond motifs is 3. The first-order chi connectivity index (χ1) is 8.26. The zero-order chi connectivity index (χ0) is 12.0. The predicted octanol–water partition coefficient (Wildman–Crippen LogP) is 0.761. The van der Waals surface area contributed by atoms with Crippen LogP contribution < -0.4 is 14.8 Å². The number of nitrogens with zero attached hydrogens (tertiary/aromatic N) is 1. The van der Waals surface area contributed by atoms with E-state index in [1.54, 1.807) is 20.3 Å². The summed E-state index contributed by atoms with van der Waals surface area (Å²) in [5, 5.41) is 3.30. The Morgan fingerprint density at radius 3 is 2.71 bits per heavy atom. The molecule has 0 bridgehead atoms. The third-order valence-electron chi connectivity index (χ3n) is 3.34. The lowest BCUT2D eigenvalue weighted by Gasteiger charge is -2.14. The van der Waals surface area contributed by atoms with Crippen LogP contribution in [-0.2, 0) is 0 Å². The maximum atomic E-state index is 12.1. The largest absolute Gasteiger partial charge is 0.493 e. The molecule has 1 aromatic rings. The van der Waals surface area contributed by atoms with Gasteiger partial charge in [0.1, 0.15) is 6.17 Å². The van der Waals surface area contributed by atoms with Gasteiger partial charge in [-0.3, -0.25) is 10.1 Å². The Labute approximate surface area is 99.3 Å². The van der Waals surface area contributed by atoms with E-state index in [1.807, 2.05) is 11.0 Å². The minimum absolute atomic E-state index is 0.00249. The maximum Gasteiger partial charge on any atom is 0.255 e. The minimum Gasteiger partial charge on any atom is -0.493 e. The summed E-state index contributed by atoms with van der Waals surface area (Å²) >= 11 is 0. The summed E-state index contributed by atoms with van der Waals surface area (Å²) in [5.41, 5.74) is 1.69. The minimum atomic E-state index is -0.00249. The highest BCUT2D eigenvalue weighted by molar-refractivity contribution is 6.00. The summed E-state index contributed by atoms with van der Waals surface area (Å²) in [6, 6.07) is 3.64. The molecule has 0 radical (unpaired) electrons. The Balaban J connectivity index is 2.14. The molecule has 1 fully saturated rings. The Hall–Kier alpha value is -1.75. The average Bonchev–Trinajstić information content (AvgIpc) is 2.92. The van der Waals surface area contributed by atoms with E-state index in [0.29, 0.717) is 17.1 Å². The van der Waals surface area contributed by atoms with Crippen LogP contribution >= 0.6 is 0 Å². The maximum absolute atomic E-state index is 12.1. The molecular weight excluding hydrogens is 220 g/mol. The standard InChI is InChI=1S/C12H14N2O3/c1-16-9-5-7-8(6-10(9)17-2)12(15)14-4-3-13-11(7)14/h5-6,11,13H,3-4H2,1-2H3. The zero-order valence-electron chi connectivity index (χ0n) is 9.82. The number of hydrogen-bond donors (Lipinski definition) is 1. The lowest BCUT2D eigenvalue weighted by Crippen LogP contribution is -2.25. The first-order valence-electron chi connectivity index (χ1n) is 5.56. The zero-order valence-corrected chi connectivity index (χ0v) is 9.82. The van der Waals surface area contributed by atoms with Crippen LogP contribution in [0.4, 0.5) is 0 Å². The van der Waals surface area contributed by atoms with E-state index in [1.165, 1.54) is 0 Å². The molecule has 0 aromatic heterocycles.